The second-order valence-corrected chi connectivity index (χ2v) is 16.4. The summed E-state index contributed by atoms with van der Waals surface area (Å²) in [6, 6.07) is -1.03. The van der Waals surface area contributed by atoms with Crippen LogP contribution in [0.5, 0.6) is 0 Å². The first-order valence-electron chi connectivity index (χ1n) is 10.8. The number of likely N-dealkylation sites (N-methyl/N-ethyl adjacent to an activating group) is 1. The smallest absolute Gasteiger partial charge is 0.303 e. The van der Waals surface area contributed by atoms with E-state index in [4.69, 9.17) is 9.47 Å². The van der Waals surface area contributed by atoms with Crippen molar-refractivity contribution >= 4 is 64.8 Å². The number of fused-ring (bicyclic) bond motifs is 5. The lowest BCUT2D eigenvalue weighted by Gasteiger charge is -2.54. The summed E-state index contributed by atoms with van der Waals surface area (Å²) in [6.45, 7) is 5.79. The fraction of sp³-hybridized carbons (Fsp3) is 0.800. The standard InChI is InChI=1S/C20H26N2O8S4/c1-9-16(3,4)12(25)18(30-9)6-11-17(28,13(18)29-10(2)24)7-19-14(26)21(5)20(8-23,15(27)22(11)19)32-34-33-31-19/h9,11,13,23,28H,6-8H2,1-5H3/t9-,11+,13-,17-,18+,19+,20+/m0/s1. The normalized spacial score (nSPS) is 47.1. The number of amides is 2. The lowest BCUT2D eigenvalue weighted by molar-refractivity contribution is -0.189. The Morgan fingerprint density at radius 2 is 1.85 bits per heavy atom. The molecule has 14 heteroatoms. The Morgan fingerprint density at radius 1 is 1.21 bits per heavy atom. The van der Waals surface area contributed by atoms with Crippen LogP contribution in [0.15, 0.2) is 0 Å². The predicted octanol–water partition coefficient (Wildman–Crippen LogP) is 0.955. The Labute approximate surface area is 211 Å². The average molecular weight is 551 g/mol. The van der Waals surface area contributed by atoms with E-state index in [1.54, 1.807) is 20.8 Å². The number of hydrogen-bond acceptors (Lipinski definition) is 12. The molecule has 5 heterocycles. The van der Waals surface area contributed by atoms with E-state index in [9.17, 15) is 29.4 Å². The van der Waals surface area contributed by atoms with Crippen molar-refractivity contribution in [3.8, 4) is 0 Å². The molecule has 188 valence electrons. The van der Waals surface area contributed by atoms with Crippen molar-refractivity contribution in [2.24, 2.45) is 5.41 Å². The van der Waals surface area contributed by atoms with Gasteiger partial charge in [0.05, 0.1) is 24.2 Å². The first kappa shape index (κ1) is 25.0. The maximum atomic E-state index is 14.0. The summed E-state index contributed by atoms with van der Waals surface area (Å²) in [5, 5.41) is 22.5. The van der Waals surface area contributed by atoms with Gasteiger partial charge in [0.1, 0.15) is 5.60 Å². The van der Waals surface area contributed by atoms with Gasteiger partial charge in [0.25, 0.3) is 11.8 Å². The SMILES string of the molecule is CC(=O)O[C@H]1[C@]2(O)C[C@]34SSSS[C@](CO)(C(=O)N3[C@@H]2C[C@]12O[C@@H](C)C(C)(C)C2=O)N(C)C4=O. The fourth-order valence-electron chi connectivity index (χ4n) is 6.11. The molecule has 7 atom stereocenters. The molecule has 5 saturated heterocycles. The number of Topliss-reactive ketones (excluding diaryl/α,β-unsaturated/α-hetero) is 1. The Kier molecular flexibility index (Phi) is 5.48. The van der Waals surface area contributed by atoms with Gasteiger partial charge in [-0.1, -0.05) is 13.8 Å². The zero-order valence-electron chi connectivity index (χ0n) is 19.2. The van der Waals surface area contributed by atoms with Crippen LogP contribution >= 0.6 is 41.2 Å². The van der Waals surface area contributed by atoms with Gasteiger partial charge in [-0.2, -0.15) is 0 Å². The van der Waals surface area contributed by atoms with Crippen molar-refractivity contribution < 1.29 is 38.9 Å². The Balaban J connectivity index is 1.69. The number of hydrogen-bond donors (Lipinski definition) is 2. The van der Waals surface area contributed by atoms with E-state index in [2.05, 4.69) is 0 Å². The number of piperazine rings is 1. The van der Waals surface area contributed by atoms with E-state index in [0.29, 0.717) is 0 Å². The summed E-state index contributed by atoms with van der Waals surface area (Å²) in [6.07, 6.45) is -2.29. The van der Waals surface area contributed by atoms with Crippen LogP contribution in [0, 0.1) is 5.41 Å². The van der Waals surface area contributed by atoms with Gasteiger partial charge >= 0.3 is 5.97 Å². The molecule has 0 aromatic heterocycles. The molecule has 34 heavy (non-hydrogen) atoms. The molecule has 2 spiro atoms. The maximum absolute atomic E-state index is 14.0. The molecule has 1 aliphatic carbocycles. The van der Waals surface area contributed by atoms with Crippen molar-refractivity contribution in [3.05, 3.63) is 0 Å². The molecule has 6 fully saturated rings. The largest absolute Gasteiger partial charge is 0.456 e. The number of rotatable bonds is 2. The van der Waals surface area contributed by atoms with Crippen LogP contribution < -0.4 is 0 Å². The van der Waals surface area contributed by atoms with Gasteiger partial charge in [-0.05, 0) is 48.2 Å². The molecule has 0 aromatic carbocycles. The van der Waals surface area contributed by atoms with Crippen LogP contribution in [0.4, 0.5) is 0 Å². The molecule has 6 rings (SSSR count). The number of ketones is 1. The summed E-state index contributed by atoms with van der Waals surface area (Å²) >= 11 is 0. The predicted molar refractivity (Wildman–Crippen MR) is 128 cm³/mol. The van der Waals surface area contributed by atoms with Crippen LogP contribution in [-0.4, -0.2) is 96.4 Å². The molecule has 1 saturated carbocycles. The number of carbonyl (C=O) groups excluding carboxylic acids is 4. The van der Waals surface area contributed by atoms with Gasteiger partial charge in [0, 0.05) is 26.8 Å². The van der Waals surface area contributed by atoms with Crippen LogP contribution in [0.3, 0.4) is 0 Å². The highest BCUT2D eigenvalue weighted by Gasteiger charge is 2.83. The molecule has 5 aliphatic heterocycles. The summed E-state index contributed by atoms with van der Waals surface area (Å²) in [5.74, 6) is -1.98. The van der Waals surface area contributed by atoms with Gasteiger partial charge in [0.2, 0.25) is 4.87 Å². The summed E-state index contributed by atoms with van der Waals surface area (Å²) in [7, 11) is 6.26. The topological polar surface area (TPSA) is 134 Å². The van der Waals surface area contributed by atoms with Crippen molar-refractivity contribution in [2.75, 3.05) is 13.7 Å². The molecule has 6 aliphatic rings. The van der Waals surface area contributed by atoms with E-state index in [0.717, 1.165) is 21.6 Å². The first-order chi connectivity index (χ1) is 15.7. The molecule has 0 aromatic rings. The molecular weight excluding hydrogens is 524 g/mol. The van der Waals surface area contributed by atoms with Crippen molar-refractivity contribution in [1.29, 1.82) is 0 Å². The Hall–Kier alpha value is -0.640. The second kappa shape index (κ2) is 7.45. The third kappa shape index (κ3) is 2.71. The van der Waals surface area contributed by atoms with Crippen molar-refractivity contribution in [2.45, 2.75) is 79.7 Å². The van der Waals surface area contributed by atoms with Crippen LogP contribution in [-0.2, 0) is 28.7 Å². The third-order valence-corrected chi connectivity index (χ3v) is 15.4. The summed E-state index contributed by atoms with van der Waals surface area (Å²) < 4.78 is 11.8. The highest BCUT2D eigenvalue weighted by atomic mass is 33.7. The van der Waals surface area contributed by atoms with E-state index < -0.39 is 69.0 Å². The zero-order valence-corrected chi connectivity index (χ0v) is 22.5. The number of aliphatic hydroxyl groups is 2. The summed E-state index contributed by atoms with van der Waals surface area (Å²) in [4.78, 5) is 53.2. The van der Waals surface area contributed by atoms with Crippen LogP contribution in [0.1, 0.15) is 40.5 Å². The van der Waals surface area contributed by atoms with Crippen molar-refractivity contribution in [3.63, 3.8) is 0 Å². The maximum Gasteiger partial charge on any atom is 0.303 e. The number of carbonyl (C=O) groups is 4. The monoisotopic (exact) mass is 550 g/mol. The molecule has 0 unspecified atom stereocenters. The highest BCUT2D eigenvalue weighted by Crippen LogP contribution is 2.69. The van der Waals surface area contributed by atoms with E-state index in [-0.39, 0.29) is 18.6 Å². The first-order valence-corrected chi connectivity index (χ1v) is 15.6. The van der Waals surface area contributed by atoms with Gasteiger partial charge in [-0.15, -0.1) is 0 Å². The quantitative estimate of drug-likeness (QED) is 0.375. The minimum atomic E-state index is -1.91. The highest BCUT2D eigenvalue weighted by molar-refractivity contribution is 9.26. The number of esters is 1. The van der Waals surface area contributed by atoms with Gasteiger partial charge in [0.15, 0.2) is 22.4 Å². The van der Waals surface area contributed by atoms with Crippen LogP contribution in [0.25, 0.3) is 0 Å². The fourth-order valence-corrected chi connectivity index (χ4v) is 13.8. The second-order valence-electron chi connectivity index (χ2n) is 10.1. The van der Waals surface area contributed by atoms with E-state index >= 15 is 0 Å². The average Bonchev–Trinajstić information content (AvgIpc) is 3.21. The molecule has 0 radical (unpaired) electrons. The molecule has 2 N–H and O–H groups in total. The van der Waals surface area contributed by atoms with E-state index in [1.807, 2.05) is 0 Å². The lowest BCUT2D eigenvalue weighted by Crippen LogP contribution is -2.74. The minimum Gasteiger partial charge on any atom is -0.456 e. The van der Waals surface area contributed by atoms with Gasteiger partial charge < -0.3 is 29.5 Å². The van der Waals surface area contributed by atoms with Crippen molar-refractivity contribution in [1.82, 2.24) is 9.80 Å². The zero-order chi connectivity index (χ0) is 25.1. The minimum absolute atomic E-state index is 0.122. The molecule has 10 nitrogen and oxygen atoms in total. The molecule has 2 bridgehead atoms. The number of aliphatic hydroxyl groups excluding tert-OH is 1. The van der Waals surface area contributed by atoms with Gasteiger partial charge in [-0.3, -0.25) is 19.2 Å². The third-order valence-electron chi connectivity index (χ3n) is 8.15. The number of nitrogens with zero attached hydrogens (tertiary/aromatic N) is 2. The molecular formula is C20H26N2O8S4. The Morgan fingerprint density at radius 3 is 2.41 bits per heavy atom. The molecule has 2 amide bonds. The summed E-state index contributed by atoms with van der Waals surface area (Å²) in [5.41, 5.74) is -4.48. The van der Waals surface area contributed by atoms with Crippen LogP contribution in [0.2, 0.25) is 0 Å². The van der Waals surface area contributed by atoms with Gasteiger partial charge in [-0.25, -0.2) is 0 Å². The van der Waals surface area contributed by atoms with E-state index in [1.165, 1.54) is 43.4 Å². The number of ether oxygens (including phenoxy) is 2. The Bertz CT molecular complexity index is 1010. The lowest BCUT2D eigenvalue weighted by atomic mass is 9.76.